The van der Waals surface area contributed by atoms with Crippen LogP contribution in [0.15, 0.2) is 27.8 Å². The Morgan fingerprint density at radius 1 is 1.00 bits per heavy atom. The molecule has 1 aromatic heterocycles. The van der Waals surface area contributed by atoms with E-state index in [2.05, 4.69) is 14.9 Å². The highest BCUT2D eigenvalue weighted by Crippen LogP contribution is 2.22. The van der Waals surface area contributed by atoms with Gasteiger partial charge in [-0.2, -0.15) is 0 Å². The van der Waals surface area contributed by atoms with E-state index >= 15 is 0 Å². The Balaban J connectivity index is 1.55. The number of H-pyrrole nitrogens is 2. The van der Waals surface area contributed by atoms with E-state index in [1.807, 2.05) is 0 Å². The predicted molar refractivity (Wildman–Crippen MR) is 96.3 cm³/mol. The number of piperidine rings is 1. The minimum Gasteiger partial charge on any atom is -0.390 e. The Morgan fingerprint density at radius 3 is 2.42 bits per heavy atom. The van der Waals surface area contributed by atoms with E-state index < -0.39 is 17.2 Å². The van der Waals surface area contributed by atoms with Crippen LogP contribution in [0, 0.1) is 0 Å². The lowest BCUT2D eigenvalue weighted by Crippen LogP contribution is -2.46. The van der Waals surface area contributed by atoms with Crippen molar-refractivity contribution < 1.29 is 9.90 Å². The zero-order chi connectivity index (χ0) is 18.3. The number of aromatic amines is 2. The third kappa shape index (κ3) is 3.06. The Kier molecular flexibility index (Phi) is 4.37. The molecule has 138 valence electrons. The van der Waals surface area contributed by atoms with Crippen LogP contribution in [0.3, 0.4) is 0 Å². The van der Waals surface area contributed by atoms with Gasteiger partial charge in [-0.1, -0.05) is 6.42 Å². The van der Waals surface area contributed by atoms with Crippen LogP contribution in [-0.4, -0.2) is 69.1 Å². The van der Waals surface area contributed by atoms with Crippen molar-refractivity contribution in [1.29, 1.82) is 0 Å². The first kappa shape index (κ1) is 17.0. The molecule has 2 aromatic rings. The predicted octanol–water partition coefficient (Wildman–Crippen LogP) is -0.112. The van der Waals surface area contributed by atoms with Crippen molar-refractivity contribution in [3.63, 3.8) is 0 Å². The fourth-order valence-electron chi connectivity index (χ4n) is 3.97. The summed E-state index contributed by atoms with van der Waals surface area (Å²) in [7, 11) is 0. The van der Waals surface area contributed by atoms with Crippen LogP contribution in [0.1, 0.15) is 29.6 Å². The number of carbonyl (C=O) groups excluding carboxylic acids is 1. The highest BCUT2D eigenvalue weighted by atomic mass is 16.3. The maximum absolute atomic E-state index is 12.8. The number of aliphatic hydroxyl groups is 1. The largest absolute Gasteiger partial charge is 0.390 e. The summed E-state index contributed by atoms with van der Waals surface area (Å²) in [4.78, 5) is 44.6. The van der Waals surface area contributed by atoms with E-state index in [9.17, 15) is 19.5 Å². The molecule has 2 saturated heterocycles. The quantitative estimate of drug-likeness (QED) is 0.649. The smallest absolute Gasteiger partial charge is 0.314 e. The van der Waals surface area contributed by atoms with Gasteiger partial charge >= 0.3 is 11.1 Å². The van der Waals surface area contributed by atoms with Crippen LogP contribution in [0.4, 0.5) is 0 Å². The van der Waals surface area contributed by atoms with Crippen LogP contribution in [0.2, 0.25) is 0 Å². The number of hydrogen-bond donors (Lipinski definition) is 3. The topological polar surface area (TPSA) is 109 Å². The Hall–Kier alpha value is -2.45. The second-order valence-corrected chi connectivity index (χ2v) is 7.11. The lowest BCUT2D eigenvalue weighted by molar-refractivity contribution is 0.0703. The van der Waals surface area contributed by atoms with Crippen molar-refractivity contribution >= 4 is 16.9 Å². The SMILES string of the molecule is O=C(c1ccc2[nH]c(=O)c(=O)[nH]c2c1)N1C[C@@H](O)[C@H](N2CCCCC2)C1. The minimum absolute atomic E-state index is 0.0177. The van der Waals surface area contributed by atoms with Gasteiger partial charge < -0.3 is 20.0 Å². The third-order valence-corrected chi connectivity index (χ3v) is 5.38. The highest BCUT2D eigenvalue weighted by Gasteiger charge is 2.38. The van der Waals surface area contributed by atoms with Crippen molar-refractivity contribution in [2.45, 2.75) is 31.4 Å². The lowest BCUT2D eigenvalue weighted by Gasteiger charge is -2.33. The summed E-state index contributed by atoms with van der Waals surface area (Å²) in [5.41, 5.74) is -0.161. The molecule has 3 heterocycles. The normalized spacial score (nSPS) is 24.3. The first-order valence-corrected chi connectivity index (χ1v) is 9.01. The summed E-state index contributed by atoms with van der Waals surface area (Å²) < 4.78 is 0. The Morgan fingerprint density at radius 2 is 1.69 bits per heavy atom. The van der Waals surface area contributed by atoms with E-state index in [0.29, 0.717) is 29.7 Å². The fourth-order valence-corrected chi connectivity index (χ4v) is 3.97. The summed E-state index contributed by atoms with van der Waals surface area (Å²) in [6.07, 6.45) is 2.94. The molecule has 8 heteroatoms. The van der Waals surface area contributed by atoms with Crippen LogP contribution in [-0.2, 0) is 0 Å². The monoisotopic (exact) mass is 358 g/mol. The van der Waals surface area contributed by atoms with Crippen molar-refractivity contribution in [2.75, 3.05) is 26.2 Å². The molecule has 3 N–H and O–H groups in total. The second-order valence-electron chi connectivity index (χ2n) is 7.11. The van der Waals surface area contributed by atoms with Crippen LogP contribution < -0.4 is 11.1 Å². The van der Waals surface area contributed by atoms with Gasteiger partial charge in [-0.15, -0.1) is 0 Å². The summed E-state index contributed by atoms with van der Waals surface area (Å²) in [6, 6.07) is 4.78. The molecule has 4 rings (SSSR count). The molecule has 0 unspecified atom stereocenters. The van der Waals surface area contributed by atoms with Crippen molar-refractivity contribution in [1.82, 2.24) is 19.8 Å². The number of fused-ring (bicyclic) bond motifs is 1. The summed E-state index contributed by atoms with van der Waals surface area (Å²) in [6.45, 7) is 2.74. The maximum atomic E-state index is 12.8. The number of aliphatic hydroxyl groups excluding tert-OH is 1. The van der Waals surface area contributed by atoms with E-state index in [0.717, 1.165) is 25.9 Å². The van der Waals surface area contributed by atoms with Gasteiger partial charge in [0.2, 0.25) is 0 Å². The molecular weight excluding hydrogens is 336 g/mol. The zero-order valence-electron chi connectivity index (χ0n) is 14.4. The number of benzene rings is 1. The molecule has 2 fully saturated rings. The van der Waals surface area contributed by atoms with Gasteiger partial charge in [0.15, 0.2) is 0 Å². The number of β-amino-alcohol motifs (C(OH)–C–C–N with tert-alkyl or cyclic N) is 1. The van der Waals surface area contributed by atoms with Crippen LogP contribution in [0.25, 0.3) is 11.0 Å². The van der Waals surface area contributed by atoms with E-state index in [1.54, 1.807) is 23.1 Å². The van der Waals surface area contributed by atoms with Crippen LogP contribution in [0.5, 0.6) is 0 Å². The highest BCUT2D eigenvalue weighted by molar-refractivity contribution is 5.97. The second kappa shape index (κ2) is 6.69. The summed E-state index contributed by atoms with van der Waals surface area (Å²) >= 11 is 0. The van der Waals surface area contributed by atoms with Gasteiger partial charge in [0.05, 0.1) is 23.2 Å². The fraction of sp³-hybridized carbons (Fsp3) is 0.500. The standard InChI is InChI=1S/C18H22N4O4/c23-15-10-22(9-14(15)21-6-2-1-3-7-21)18(26)11-4-5-12-13(8-11)20-17(25)16(24)19-12/h4-5,8,14-15,23H,1-3,6-7,9-10H2,(H,19,24)(H,20,25)/t14-,15-/m1/s1. The van der Waals surface area contributed by atoms with E-state index in [4.69, 9.17) is 0 Å². The van der Waals surface area contributed by atoms with Crippen molar-refractivity contribution in [2.24, 2.45) is 0 Å². The molecule has 0 aliphatic carbocycles. The van der Waals surface area contributed by atoms with Gasteiger partial charge in [0.25, 0.3) is 5.91 Å². The van der Waals surface area contributed by atoms with Gasteiger partial charge in [0.1, 0.15) is 0 Å². The van der Waals surface area contributed by atoms with Crippen molar-refractivity contribution in [3.05, 3.63) is 44.5 Å². The number of likely N-dealkylation sites (tertiary alicyclic amines) is 2. The number of hydrogen-bond acceptors (Lipinski definition) is 5. The molecule has 1 amide bonds. The first-order valence-electron chi connectivity index (χ1n) is 9.01. The Bertz CT molecular complexity index is 944. The molecule has 2 atom stereocenters. The lowest BCUT2D eigenvalue weighted by atomic mass is 10.1. The summed E-state index contributed by atoms with van der Waals surface area (Å²) in [5.74, 6) is -0.183. The van der Waals surface area contributed by atoms with Gasteiger partial charge in [-0.05, 0) is 44.1 Å². The number of rotatable bonds is 2. The van der Waals surface area contributed by atoms with Crippen LogP contribution >= 0.6 is 0 Å². The molecule has 0 saturated carbocycles. The zero-order valence-corrected chi connectivity index (χ0v) is 14.4. The molecular formula is C18H22N4O4. The molecule has 0 radical (unpaired) electrons. The number of nitrogens with zero attached hydrogens (tertiary/aromatic N) is 2. The Labute approximate surface area is 149 Å². The maximum Gasteiger partial charge on any atom is 0.314 e. The minimum atomic E-state index is -0.746. The molecule has 1 aromatic carbocycles. The molecule has 0 bridgehead atoms. The third-order valence-electron chi connectivity index (χ3n) is 5.38. The average Bonchev–Trinajstić information content (AvgIpc) is 3.04. The van der Waals surface area contributed by atoms with Crippen molar-refractivity contribution in [3.8, 4) is 0 Å². The van der Waals surface area contributed by atoms with E-state index in [1.165, 1.54) is 6.42 Å². The molecule has 0 spiro atoms. The number of aromatic nitrogens is 2. The number of amides is 1. The average molecular weight is 358 g/mol. The molecule has 2 aliphatic rings. The number of nitrogens with one attached hydrogen (secondary N) is 2. The van der Waals surface area contributed by atoms with Gasteiger partial charge in [-0.25, -0.2) is 0 Å². The van der Waals surface area contributed by atoms with Gasteiger partial charge in [0, 0.05) is 18.7 Å². The number of carbonyl (C=O) groups is 1. The molecule has 8 nitrogen and oxygen atoms in total. The molecule has 26 heavy (non-hydrogen) atoms. The van der Waals surface area contributed by atoms with Gasteiger partial charge in [-0.3, -0.25) is 19.3 Å². The molecule has 2 aliphatic heterocycles. The van der Waals surface area contributed by atoms with E-state index in [-0.39, 0.29) is 11.9 Å². The summed E-state index contributed by atoms with van der Waals surface area (Å²) in [5, 5.41) is 10.4. The first-order chi connectivity index (χ1) is 12.5.